The van der Waals surface area contributed by atoms with E-state index in [2.05, 4.69) is 34.6 Å². The smallest absolute Gasteiger partial charge is 0.290 e. The van der Waals surface area contributed by atoms with Crippen LogP contribution in [0.3, 0.4) is 0 Å². The van der Waals surface area contributed by atoms with Gasteiger partial charge in [0.2, 0.25) is 5.78 Å². The molecule has 0 heterocycles. The van der Waals surface area contributed by atoms with Gasteiger partial charge in [-0.1, -0.05) is 41.5 Å². The molecule has 4 heteroatoms. The van der Waals surface area contributed by atoms with Gasteiger partial charge in [-0.15, -0.1) is 0 Å². The number of carbonyl (C=O) groups excluding carboxylic acids is 1. The maximum atomic E-state index is 13.0. The summed E-state index contributed by atoms with van der Waals surface area (Å²) in [6.07, 6.45) is 6.28. The second kappa shape index (κ2) is 6.56. The minimum Gasteiger partial charge on any atom is -0.290 e. The zero-order valence-corrected chi connectivity index (χ0v) is 21.0. The van der Waals surface area contributed by atoms with Crippen LogP contribution in [0.25, 0.3) is 0 Å². The van der Waals surface area contributed by atoms with Gasteiger partial charge < -0.3 is 0 Å². The van der Waals surface area contributed by atoms with Crippen LogP contribution in [0, 0.1) is 56.7 Å². The van der Waals surface area contributed by atoms with Crippen molar-refractivity contribution >= 4 is 5.78 Å². The Balaban J connectivity index is 1.42. The van der Waals surface area contributed by atoms with Gasteiger partial charge in [-0.25, -0.2) is 0 Å². The molecule has 0 amide bonds. The largest absolute Gasteiger partial charge is 0.449 e. The summed E-state index contributed by atoms with van der Waals surface area (Å²) in [4.78, 5) is 11.8. The third-order valence-corrected chi connectivity index (χ3v) is 13.2. The Hall–Kier alpha value is -0.540. The Morgan fingerprint density at radius 2 is 1.50 bits per heavy atom. The van der Waals surface area contributed by atoms with E-state index < -0.39 is 12.0 Å². The highest BCUT2D eigenvalue weighted by Crippen LogP contribution is 2.89. The van der Waals surface area contributed by atoms with Gasteiger partial charge in [-0.3, -0.25) is 4.79 Å². The average molecular weight is 453 g/mol. The van der Waals surface area contributed by atoms with Crippen molar-refractivity contribution in [2.45, 2.75) is 112 Å². The number of hydrogen-bond donors (Lipinski definition) is 0. The van der Waals surface area contributed by atoms with E-state index in [1.54, 1.807) is 0 Å². The molecule has 182 valence electrons. The second-order valence-corrected chi connectivity index (χ2v) is 14.0. The minimum absolute atomic E-state index is 0.0578. The minimum atomic E-state index is -4.70. The SMILES string of the molecule is C[C@H](CC(=O)C(F)(F)F)[C@H]1CC[C@@]2(C)C3CCC4C(C)(C)[C@@H](C)CC[C@@]45C[C@@]35CC[C@]12C. The Kier molecular flexibility index (Phi) is 4.76. The first-order valence-corrected chi connectivity index (χ1v) is 13.3. The molecule has 5 aliphatic rings. The first kappa shape index (κ1) is 23.2. The average Bonchev–Trinajstić information content (AvgIpc) is 3.27. The fraction of sp³-hybridized carbons (Fsp3) is 0.964. The summed E-state index contributed by atoms with van der Waals surface area (Å²) in [7, 11) is 0. The molecular formula is C28H43F3O. The number of rotatable bonds is 3. The van der Waals surface area contributed by atoms with Gasteiger partial charge in [-0.05, 0) is 114 Å². The molecule has 5 rings (SSSR count). The predicted octanol–water partition coefficient (Wildman–Crippen LogP) is 8.22. The van der Waals surface area contributed by atoms with Crippen LogP contribution in [0.1, 0.15) is 106 Å². The first-order valence-electron chi connectivity index (χ1n) is 13.3. The van der Waals surface area contributed by atoms with E-state index in [1.807, 2.05) is 6.92 Å². The van der Waals surface area contributed by atoms with Gasteiger partial charge in [-0.2, -0.15) is 13.2 Å². The predicted molar refractivity (Wildman–Crippen MR) is 121 cm³/mol. The zero-order chi connectivity index (χ0) is 23.5. The summed E-state index contributed by atoms with van der Waals surface area (Å²) < 4.78 is 38.9. The molecule has 5 saturated carbocycles. The second-order valence-electron chi connectivity index (χ2n) is 14.0. The maximum Gasteiger partial charge on any atom is 0.449 e. The molecule has 0 aromatic rings. The molecule has 0 N–H and O–H groups in total. The van der Waals surface area contributed by atoms with Crippen LogP contribution in [0.15, 0.2) is 0 Å². The maximum absolute atomic E-state index is 13.0. The molecule has 32 heavy (non-hydrogen) atoms. The summed E-state index contributed by atoms with van der Waals surface area (Å²) in [5.74, 6) is 0.845. The van der Waals surface area contributed by atoms with Crippen molar-refractivity contribution in [3.05, 3.63) is 0 Å². The van der Waals surface area contributed by atoms with Crippen LogP contribution in [0.4, 0.5) is 13.2 Å². The Bertz CT molecular complexity index is 816. The number of hydrogen-bond acceptors (Lipinski definition) is 1. The van der Waals surface area contributed by atoms with E-state index in [1.165, 1.54) is 38.5 Å². The highest BCUT2D eigenvalue weighted by Gasteiger charge is 2.81. The normalized spacial score (nSPS) is 52.3. The van der Waals surface area contributed by atoms with Crippen molar-refractivity contribution in [2.75, 3.05) is 0 Å². The van der Waals surface area contributed by atoms with Crippen molar-refractivity contribution in [3.63, 3.8) is 0 Å². The lowest BCUT2D eigenvalue weighted by molar-refractivity contribution is -0.174. The summed E-state index contributed by atoms with van der Waals surface area (Å²) in [6, 6.07) is 0. The highest BCUT2D eigenvalue weighted by molar-refractivity contribution is 5.84. The number of carbonyl (C=O) groups is 1. The van der Waals surface area contributed by atoms with Crippen LogP contribution >= 0.6 is 0 Å². The molecule has 2 spiro atoms. The van der Waals surface area contributed by atoms with Crippen molar-refractivity contribution in [2.24, 2.45) is 56.7 Å². The molecule has 0 saturated heterocycles. The molecule has 1 nitrogen and oxygen atoms in total. The number of Topliss-reactive ketones (excluding diaryl/α,β-unsaturated/α-hetero) is 1. The van der Waals surface area contributed by atoms with Crippen molar-refractivity contribution in [3.8, 4) is 0 Å². The van der Waals surface area contributed by atoms with Gasteiger partial charge in [0.25, 0.3) is 0 Å². The quantitative estimate of drug-likeness (QED) is 0.421. The number of halogens is 3. The lowest BCUT2D eigenvalue weighted by atomic mass is 9.41. The molecule has 0 bridgehead atoms. The summed E-state index contributed by atoms with van der Waals surface area (Å²) >= 11 is 0. The fourth-order valence-corrected chi connectivity index (χ4v) is 11.0. The van der Waals surface area contributed by atoms with Gasteiger partial charge >= 0.3 is 6.18 Å². The van der Waals surface area contributed by atoms with E-state index in [0.29, 0.717) is 22.2 Å². The zero-order valence-electron chi connectivity index (χ0n) is 21.0. The lowest BCUT2D eigenvalue weighted by Crippen LogP contribution is -2.56. The van der Waals surface area contributed by atoms with Gasteiger partial charge in [0.15, 0.2) is 0 Å². The Labute approximate surface area is 192 Å². The van der Waals surface area contributed by atoms with Crippen molar-refractivity contribution in [1.82, 2.24) is 0 Å². The molecule has 5 fully saturated rings. The van der Waals surface area contributed by atoms with Crippen LogP contribution in [-0.2, 0) is 4.79 Å². The number of fused-ring (bicyclic) bond motifs is 2. The van der Waals surface area contributed by atoms with E-state index in [0.717, 1.165) is 31.1 Å². The molecule has 0 radical (unpaired) electrons. The summed E-state index contributed by atoms with van der Waals surface area (Å²) in [5.41, 5.74) is 1.70. The molecule has 2 unspecified atom stereocenters. The van der Waals surface area contributed by atoms with E-state index in [9.17, 15) is 18.0 Å². The highest BCUT2D eigenvalue weighted by atomic mass is 19.4. The summed E-state index contributed by atoms with van der Waals surface area (Å²) in [6.45, 7) is 14.3. The third kappa shape index (κ3) is 2.62. The van der Waals surface area contributed by atoms with Crippen LogP contribution in [-0.4, -0.2) is 12.0 Å². The summed E-state index contributed by atoms with van der Waals surface area (Å²) in [5, 5.41) is 0. The molecule has 9 atom stereocenters. The van der Waals surface area contributed by atoms with Gasteiger partial charge in [0.1, 0.15) is 0 Å². The lowest BCUT2D eigenvalue weighted by Gasteiger charge is -2.63. The monoisotopic (exact) mass is 452 g/mol. The van der Waals surface area contributed by atoms with Gasteiger partial charge in [0.05, 0.1) is 0 Å². The van der Waals surface area contributed by atoms with Crippen LogP contribution in [0.2, 0.25) is 0 Å². The number of alkyl halides is 3. The standard InChI is InChI=1S/C28H43F3O/c1-17(15-22(32)28(29,30)31)19-10-11-25(6)21-8-7-20-23(3,4)18(2)9-12-26(20)16-27(21,26)14-13-24(19,25)5/h17-21H,7-16H2,1-6H3/t17-,18+,19-,20?,21?,24-,25+,26-,27+/m1/s1. The topological polar surface area (TPSA) is 17.1 Å². The van der Waals surface area contributed by atoms with Crippen molar-refractivity contribution in [1.29, 1.82) is 0 Å². The Morgan fingerprint density at radius 3 is 2.16 bits per heavy atom. The first-order chi connectivity index (χ1) is 14.7. The van der Waals surface area contributed by atoms with Gasteiger partial charge in [0, 0.05) is 6.42 Å². The molecule has 0 aromatic heterocycles. The van der Waals surface area contributed by atoms with Crippen molar-refractivity contribution < 1.29 is 18.0 Å². The molecule has 0 aliphatic heterocycles. The molecular weight excluding hydrogens is 409 g/mol. The molecule has 5 aliphatic carbocycles. The molecule has 0 aromatic carbocycles. The van der Waals surface area contributed by atoms with Crippen LogP contribution in [0.5, 0.6) is 0 Å². The van der Waals surface area contributed by atoms with E-state index in [-0.39, 0.29) is 29.1 Å². The van der Waals surface area contributed by atoms with E-state index >= 15 is 0 Å². The Morgan fingerprint density at radius 1 is 0.875 bits per heavy atom. The third-order valence-electron chi connectivity index (χ3n) is 13.2. The fourth-order valence-electron chi connectivity index (χ4n) is 11.0. The van der Waals surface area contributed by atoms with Crippen LogP contribution < -0.4 is 0 Å². The van der Waals surface area contributed by atoms with E-state index in [4.69, 9.17) is 0 Å². The number of ketones is 1.